The van der Waals surface area contributed by atoms with Crippen molar-refractivity contribution < 1.29 is 4.74 Å². The Morgan fingerprint density at radius 2 is 1.74 bits per heavy atom. The molecule has 0 aliphatic rings. The monoisotopic (exact) mass is 398 g/mol. The first kappa shape index (κ1) is 19.7. The summed E-state index contributed by atoms with van der Waals surface area (Å²) in [4.78, 5) is 9.03. The Morgan fingerprint density at radius 1 is 1.00 bits per heavy atom. The third-order valence-electron chi connectivity index (χ3n) is 4.02. The van der Waals surface area contributed by atoms with Gasteiger partial charge in [-0.15, -0.1) is 0 Å². The van der Waals surface area contributed by atoms with Crippen molar-refractivity contribution in [3.63, 3.8) is 0 Å². The van der Waals surface area contributed by atoms with E-state index < -0.39 is 0 Å². The van der Waals surface area contributed by atoms with Crippen LogP contribution in [0.2, 0.25) is 5.02 Å². The number of hydrogen-bond donors (Lipinski definition) is 0. The van der Waals surface area contributed by atoms with E-state index in [0.717, 1.165) is 11.4 Å². The van der Waals surface area contributed by atoms with Crippen molar-refractivity contribution in [2.45, 2.75) is 44.0 Å². The number of benzene rings is 2. The lowest BCUT2D eigenvalue weighted by Crippen LogP contribution is -2.10. The molecule has 0 N–H and O–H groups in total. The minimum atomic E-state index is 0.165. The lowest BCUT2D eigenvalue weighted by molar-refractivity contribution is 0.454. The Balaban J connectivity index is 1.69. The molecule has 3 nitrogen and oxygen atoms in total. The normalized spacial score (nSPS) is 11.4. The van der Waals surface area contributed by atoms with Crippen LogP contribution < -0.4 is 4.74 Å². The molecule has 3 aromatic rings. The van der Waals surface area contributed by atoms with Gasteiger partial charge in [-0.2, -0.15) is 4.98 Å². The van der Waals surface area contributed by atoms with Gasteiger partial charge >= 0.3 is 0 Å². The topological polar surface area (TPSA) is 35.0 Å². The van der Waals surface area contributed by atoms with Gasteiger partial charge in [0.05, 0.1) is 0 Å². The number of thioether (sulfide) groups is 1. The lowest BCUT2D eigenvalue weighted by Gasteiger charge is -2.19. The summed E-state index contributed by atoms with van der Waals surface area (Å²) in [7, 11) is 0. The van der Waals surface area contributed by atoms with Crippen LogP contribution in [0.4, 0.5) is 0 Å². The maximum atomic E-state index is 6.01. The maximum Gasteiger partial charge on any atom is 0.223 e. The van der Waals surface area contributed by atoms with Gasteiger partial charge in [0.2, 0.25) is 5.88 Å². The summed E-state index contributed by atoms with van der Waals surface area (Å²) in [5, 5.41) is 1.33. The van der Waals surface area contributed by atoms with Crippen molar-refractivity contribution in [1.82, 2.24) is 9.97 Å². The second-order valence-electron chi connectivity index (χ2n) is 7.43. The summed E-state index contributed by atoms with van der Waals surface area (Å²) < 4.78 is 5.84. The van der Waals surface area contributed by atoms with Crippen LogP contribution in [-0.2, 0) is 11.2 Å². The van der Waals surface area contributed by atoms with Gasteiger partial charge in [-0.05, 0) is 41.7 Å². The van der Waals surface area contributed by atoms with E-state index in [2.05, 4.69) is 55.0 Å². The molecule has 0 saturated heterocycles. The van der Waals surface area contributed by atoms with E-state index in [1.54, 1.807) is 17.8 Å². The Kier molecular flexibility index (Phi) is 6.08. The Morgan fingerprint density at radius 3 is 2.41 bits per heavy atom. The third kappa shape index (κ3) is 5.72. The summed E-state index contributed by atoms with van der Waals surface area (Å²) in [6.07, 6.45) is 0. The standard InChI is InChI=1S/C22H23ClN2OS/c1-15-12-20(26-19-7-5-6-18(23)13-19)25-21(24-15)27-14-16-8-10-17(11-9-16)22(2,3)4/h5-13H,14H2,1-4H3. The Bertz CT molecular complexity index is 920. The van der Waals surface area contributed by atoms with Gasteiger partial charge in [0.15, 0.2) is 5.16 Å². The first-order valence-electron chi connectivity index (χ1n) is 8.81. The molecule has 27 heavy (non-hydrogen) atoms. The van der Waals surface area contributed by atoms with Gasteiger partial charge in [0.25, 0.3) is 0 Å². The fourth-order valence-electron chi connectivity index (χ4n) is 2.53. The van der Waals surface area contributed by atoms with Crippen LogP contribution in [0, 0.1) is 6.92 Å². The highest BCUT2D eigenvalue weighted by Crippen LogP contribution is 2.27. The van der Waals surface area contributed by atoms with E-state index in [-0.39, 0.29) is 5.41 Å². The zero-order valence-corrected chi connectivity index (χ0v) is 17.6. The lowest BCUT2D eigenvalue weighted by atomic mass is 9.87. The highest BCUT2D eigenvalue weighted by Gasteiger charge is 2.13. The van der Waals surface area contributed by atoms with E-state index in [4.69, 9.17) is 16.3 Å². The molecule has 0 spiro atoms. The molecule has 0 unspecified atom stereocenters. The van der Waals surface area contributed by atoms with Crippen LogP contribution in [0.5, 0.6) is 11.6 Å². The Hall–Kier alpha value is -2.04. The van der Waals surface area contributed by atoms with Crippen molar-refractivity contribution in [2.75, 3.05) is 0 Å². The van der Waals surface area contributed by atoms with Gasteiger partial charge in [-0.25, -0.2) is 4.98 Å². The number of aromatic nitrogens is 2. The van der Waals surface area contributed by atoms with Crippen LogP contribution in [0.25, 0.3) is 0 Å². The smallest absolute Gasteiger partial charge is 0.223 e. The van der Waals surface area contributed by atoms with E-state index in [9.17, 15) is 0 Å². The van der Waals surface area contributed by atoms with Gasteiger partial charge in [0, 0.05) is 22.5 Å². The van der Waals surface area contributed by atoms with Gasteiger partial charge in [0.1, 0.15) is 5.75 Å². The molecule has 3 rings (SSSR count). The van der Waals surface area contributed by atoms with E-state index in [0.29, 0.717) is 21.8 Å². The first-order chi connectivity index (χ1) is 12.8. The molecule has 0 aliphatic carbocycles. The molecule has 140 valence electrons. The summed E-state index contributed by atoms with van der Waals surface area (Å²) in [6.45, 7) is 8.60. The minimum Gasteiger partial charge on any atom is -0.439 e. The molecule has 0 atom stereocenters. The SMILES string of the molecule is Cc1cc(Oc2cccc(Cl)c2)nc(SCc2ccc(C(C)(C)C)cc2)n1. The largest absolute Gasteiger partial charge is 0.439 e. The molecule has 0 aliphatic heterocycles. The number of hydrogen-bond acceptors (Lipinski definition) is 4. The van der Waals surface area contributed by atoms with E-state index in [1.807, 2.05) is 31.2 Å². The van der Waals surface area contributed by atoms with Crippen LogP contribution in [0.1, 0.15) is 37.6 Å². The summed E-state index contributed by atoms with van der Waals surface area (Å²) >= 11 is 7.61. The van der Waals surface area contributed by atoms with Crippen molar-refractivity contribution in [3.8, 4) is 11.6 Å². The molecule has 2 aromatic carbocycles. The van der Waals surface area contributed by atoms with Crippen molar-refractivity contribution in [1.29, 1.82) is 0 Å². The molecule has 0 radical (unpaired) electrons. The van der Waals surface area contributed by atoms with E-state index in [1.165, 1.54) is 11.1 Å². The average Bonchev–Trinajstić information content (AvgIpc) is 2.59. The van der Waals surface area contributed by atoms with Crippen LogP contribution in [-0.4, -0.2) is 9.97 Å². The van der Waals surface area contributed by atoms with Crippen LogP contribution in [0.3, 0.4) is 0 Å². The summed E-state index contributed by atoms with van der Waals surface area (Å²) in [5.74, 6) is 1.99. The van der Waals surface area contributed by atoms with Crippen molar-refractivity contribution in [3.05, 3.63) is 76.4 Å². The van der Waals surface area contributed by atoms with Gasteiger partial charge in [-0.1, -0.05) is 74.5 Å². The molecular formula is C22H23ClN2OS. The van der Waals surface area contributed by atoms with Gasteiger partial charge in [-0.3, -0.25) is 0 Å². The summed E-state index contributed by atoms with van der Waals surface area (Å²) in [6, 6.07) is 17.8. The quantitative estimate of drug-likeness (QED) is 0.349. The molecule has 5 heteroatoms. The predicted octanol–water partition coefficient (Wildman–Crippen LogP) is 6.82. The highest BCUT2D eigenvalue weighted by molar-refractivity contribution is 7.98. The van der Waals surface area contributed by atoms with Crippen molar-refractivity contribution in [2.24, 2.45) is 0 Å². The molecule has 1 heterocycles. The number of halogens is 1. The minimum absolute atomic E-state index is 0.165. The zero-order valence-electron chi connectivity index (χ0n) is 16.0. The number of aryl methyl sites for hydroxylation is 1. The fourth-order valence-corrected chi connectivity index (χ4v) is 3.56. The second kappa shape index (κ2) is 8.32. The zero-order chi connectivity index (χ0) is 19.4. The molecule has 1 aromatic heterocycles. The number of ether oxygens (including phenoxy) is 1. The molecule has 0 amide bonds. The van der Waals surface area contributed by atoms with Crippen LogP contribution in [0.15, 0.2) is 59.8 Å². The highest BCUT2D eigenvalue weighted by atomic mass is 35.5. The third-order valence-corrected chi connectivity index (χ3v) is 5.17. The fraction of sp³-hybridized carbons (Fsp3) is 0.273. The summed E-state index contributed by atoms with van der Waals surface area (Å²) in [5.41, 5.74) is 3.61. The van der Waals surface area contributed by atoms with Gasteiger partial charge < -0.3 is 4.74 Å². The number of nitrogens with zero attached hydrogens (tertiary/aromatic N) is 2. The molecule has 0 fully saturated rings. The average molecular weight is 399 g/mol. The van der Waals surface area contributed by atoms with E-state index >= 15 is 0 Å². The second-order valence-corrected chi connectivity index (χ2v) is 8.80. The predicted molar refractivity (Wildman–Crippen MR) is 113 cm³/mol. The maximum absolute atomic E-state index is 6.01. The first-order valence-corrected chi connectivity index (χ1v) is 10.2. The molecule has 0 bridgehead atoms. The Labute approximate surface area is 170 Å². The molecule has 0 saturated carbocycles. The number of rotatable bonds is 5. The van der Waals surface area contributed by atoms with Crippen molar-refractivity contribution >= 4 is 23.4 Å². The molecular weight excluding hydrogens is 376 g/mol. The van der Waals surface area contributed by atoms with Crippen LogP contribution >= 0.6 is 23.4 Å².